The van der Waals surface area contributed by atoms with Crippen LogP contribution in [0.5, 0.6) is 0 Å². The molecule has 3 heteroatoms. The highest BCUT2D eigenvalue weighted by Gasteiger charge is 2.30. The van der Waals surface area contributed by atoms with Crippen molar-refractivity contribution in [3.05, 3.63) is 0 Å². The van der Waals surface area contributed by atoms with E-state index in [4.69, 9.17) is 4.74 Å². The molecule has 1 unspecified atom stereocenters. The molecule has 1 heterocycles. The Bertz CT molecular complexity index is 159. The molecule has 70 valence electrons. The third-order valence-corrected chi connectivity index (χ3v) is 2.33. The molecule has 0 bridgehead atoms. The molecule has 1 fully saturated rings. The molecule has 0 aliphatic carbocycles. The molecule has 0 aromatic heterocycles. The first kappa shape index (κ1) is 9.52. The number of likely N-dealkylation sites (tertiary alicyclic amines) is 1. The van der Waals surface area contributed by atoms with Gasteiger partial charge in [-0.05, 0) is 32.9 Å². The van der Waals surface area contributed by atoms with Crippen molar-refractivity contribution in [2.45, 2.75) is 32.7 Å². The Hall–Kier alpha value is -0.570. The van der Waals surface area contributed by atoms with Crippen LogP contribution in [0.15, 0.2) is 0 Å². The van der Waals surface area contributed by atoms with Crippen LogP contribution in [0.1, 0.15) is 26.7 Å². The summed E-state index contributed by atoms with van der Waals surface area (Å²) in [5, 5.41) is 0. The zero-order valence-corrected chi connectivity index (χ0v) is 7.88. The van der Waals surface area contributed by atoms with Crippen LogP contribution in [-0.4, -0.2) is 36.6 Å². The molecule has 0 aromatic carbocycles. The summed E-state index contributed by atoms with van der Waals surface area (Å²) in [5.41, 5.74) is 0. The van der Waals surface area contributed by atoms with Gasteiger partial charge in [-0.3, -0.25) is 9.69 Å². The number of hydrogen-bond donors (Lipinski definition) is 0. The highest BCUT2D eigenvalue weighted by Crippen LogP contribution is 2.17. The fourth-order valence-corrected chi connectivity index (χ4v) is 1.71. The maximum atomic E-state index is 11.4. The molecule has 0 aromatic rings. The van der Waals surface area contributed by atoms with Gasteiger partial charge in [0.1, 0.15) is 6.04 Å². The highest BCUT2D eigenvalue weighted by atomic mass is 16.5. The molecule has 1 atom stereocenters. The van der Waals surface area contributed by atoms with Crippen molar-refractivity contribution < 1.29 is 9.53 Å². The lowest BCUT2D eigenvalue weighted by Gasteiger charge is -2.20. The molecule has 0 radical (unpaired) electrons. The number of hydrogen-bond acceptors (Lipinski definition) is 3. The smallest absolute Gasteiger partial charge is 0.323 e. The lowest BCUT2D eigenvalue weighted by molar-refractivity contribution is -0.148. The van der Waals surface area contributed by atoms with Crippen molar-refractivity contribution in [1.29, 1.82) is 0 Å². The van der Waals surface area contributed by atoms with Crippen LogP contribution in [0.3, 0.4) is 0 Å². The molecule has 0 spiro atoms. The summed E-state index contributed by atoms with van der Waals surface area (Å²) in [6.07, 6.45) is 2.09. The van der Waals surface area contributed by atoms with Crippen molar-refractivity contribution in [2.24, 2.45) is 0 Å². The molecule has 0 N–H and O–H groups in total. The van der Waals surface area contributed by atoms with E-state index in [0.29, 0.717) is 6.61 Å². The average molecular weight is 171 g/mol. The minimum atomic E-state index is -0.0446. The molecule has 1 rings (SSSR count). The Morgan fingerprint density at radius 3 is 2.92 bits per heavy atom. The third kappa shape index (κ3) is 1.97. The van der Waals surface area contributed by atoms with Gasteiger partial charge in [-0.1, -0.05) is 6.92 Å². The highest BCUT2D eigenvalue weighted by molar-refractivity contribution is 5.76. The van der Waals surface area contributed by atoms with E-state index in [9.17, 15) is 4.79 Å². The van der Waals surface area contributed by atoms with Crippen LogP contribution in [0, 0.1) is 0 Å². The Morgan fingerprint density at radius 2 is 2.33 bits per heavy atom. The van der Waals surface area contributed by atoms with E-state index >= 15 is 0 Å². The SMILES string of the molecule is CCOC(=O)C1CCCN1CC. The van der Waals surface area contributed by atoms with Gasteiger partial charge >= 0.3 is 5.97 Å². The summed E-state index contributed by atoms with van der Waals surface area (Å²) in [6.45, 7) is 6.41. The van der Waals surface area contributed by atoms with Crippen LogP contribution in [-0.2, 0) is 9.53 Å². The number of ether oxygens (including phenoxy) is 1. The minimum absolute atomic E-state index is 0.0370. The summed E-state index contributed by atoms with van der Waals surface area (Å²) < 4.78 is 4.98. The maximum Gasteiger partial charge on any atom is 0.323 e. The van der Waals surface area contributed by atoms with E-state index in [2.05, 4.69) is 11.8 Å². The zero-order chi connectivity index (χ0) is 8.97. The van der Waals surface area contributed by atoms with Gasteiger partial charge in [-0.2, -0.15) is 0 Å². The first-order chi connectivity index (χ1) is 5.79. The fourth-order valence-electron chi connectivity index (χ4n) is 1.71. The fraction of sp³-hybridized carbons (Fsp3) is 0.889. The lowest BCUT2D eigenvalue weighted by Crippen LogP contribution is -2.37. The van der Waals surface area contributed by atoms with Crippen molar-refractivity contribution in [3.8, 4) is 0 Å². The second-order valence-corrected chi connectivity index (χ2v) is 3.04. The molecule has 0 saturated carbocycles. The number of carbonyl (C=O) groups is 1. The zero-order valence-electron chi connectivity index (χ0n) is 7.88. The van der Waals surface area contributed by atoms with E-state index in [0.717, 1.165) is 25.9 Å². The Balaban J connectivity index is 2.43. The van der Waals surface area contributed by atoms with Crippen molar-refractivity contribution in [2.75, 3.05) is 19.7 Å². The van der Waals surface area contributed by atoms with E-state index in [1.807, 2.05) is 6.92 Å². The van der Waals surface area contributed by atoms with Crippen molar-refractivity contribution >= 4 is 5.97 Å². The summed E-state index contributed by atoms with van der Waals surface area (Å²) >= 11 is 0. The predicted octanol–water partition coefficient (Wildman–Crippen LogP) is 1.03. The van der Waals surface area contributed by atoms with Crippen LogP contribution in [0.4, 0.5) is 0 Å². The van der Waals surface area contributed by atoms with E-state index < -0.39 is 0 Å². The first-order valence-corrected chi connectivity index (χ1v) is 4.70. The molecule has 12 heavy (non-hydrogen) atoms. The second-order valence-electron chi connectivity index (χ2n) is 3.04. The van der Waals surface area contributed by atoms with Gasteiger partial charge in [0.05, 0.1) is 6.61 Å². The normalized spacial score (nSPS) is 24.3. The van der Waals surface area contributed by atoms with Gasteiger partial charge in [-0.15, -0.1) is 0 Å². The largest absolute Gasteiger partial charge is 0.465 e. The number of carbonyl (C=O) groups excluding carboxylic acids is 1. The summed E-state index contributed by atoms with van der Waals surface area (Å²) in [5.74, 6) is -0.0446. The van der Waals surface area contributed by atoms with Crippen LogP contribution in [0.2, 0.25) is 0 Å². The standard InChI is InChI=1S/C9H17NO2/c1-3-10-7-5-6-8(10)9(11)12-4-2/h8H,3-7H2,1-2H3. The van der Waals surface area contributed by atoms with Gasteiger partial charge in [0.2, 0.25) is 0 Å². The summed E-state index contributed by atoms with van der Waals surface area (Å²) in [4.78, 5) is 13.5. The molecular formula is C9H17NO2. The lowest BCUT2D eigenvalue weighted by atomic mass is 10.2. The summed E-state index contributed by atoms with van der Waals surface area (Å²) in [7, 11) is 0. The Kier molecular flexibility index (Phi) is 3.53. The van der Waals surface area contributed by atoms with Gasteiger partial charge in [0.15, 0.2) is 0 Å². The number of rotatable bonds is 3. The number of nitrogens with zero attached hydrogens (tertiary/aromatic N) is 1. The van der Waals surface area contributed by atoms with Crippen LogP contribution < -0.4 is 0 Å². The molecule has 1 saturated heterocycles. The van der Waals surface area contributed by atoms with Crippen LogP contribution >= 0.6 is 0 Å². The van der Waals surface area contributed by atoms with Gasteiger partial charge in [0.25, 0.3) is 0 Å². The Morgan fingerprint density at radius 1 is 1.58 bits per heavy atom. The van der Waals surface area contributed by atoms with Crippen molar-refractivity contribution in [1.82, 2.24) is 4.90 Å². The van der Waals surface area contributed by atoms with Crippen LogP contribution in [0.25, 0.3) is 0 Å². The molecule has 0 amide bonds. The maximum absolute atomic E-state index is 11.4. The molecular weight excluding hydrogens is 154 g/mol. The van der Waals surface area contributed by atoms with E-state index in [1.54, 1.807) is 0 Å². The van der Waals surface area contributed by atoms with Gasteiger partial charge in [0, 0.05) is 0 Å². The quantitative estimate of drug-likeness (QED) is 0.594. The molecule has 3 nitrogen and oxygen atoms in total. The van der Waals surface area contributed by atoms with E-state index in [1.165, 1.54) is 0 Å². The number of likely N-dealkylation sites (N-methyl/N-ethyl adjacent to an activating group) is 1. The average Bonchev–Trinajstić information content (AvgIpc) is 2.51. The number of esters is 1. The minimum Gasteiger partial charge on any atom is -0.465 e. The van der Waals surface area contributed by atoms with E-state index in [-0.39, 0.29) is 12.0 Å². The monoisotopic (exact) mass is 171 g/mol. The Labute approximate surface area is 73.7 Å². The van der Waals surface area contributed by atoms with Gasteiger partial charge < -0.3 is 4.74 Å². The summed E-state index contributed by atoms with van der Waals surface area (Å²) in [6, 6.07) is 0.0370. The molecule has 1 aliphatic rings. The van der Waals surface area contributed by atoms with Gasteiger partial charge in [-0.25, -0.2) is 0 Å². The predicted molar refractivity (Wildman–Crippen MR) is 46.9 cm³/mol. The third-order valence-electron chi connectivity index (χ3n) is 2.33. The van der Waals surface area contributed by atoms with Crippen molar-refractivity contribution in [3.63, 3.8) is 0 Å². The second kappa shape index (κ2) is 4.45. The topological polar surface area (TPSA) is 29.5 Å². The molecule has 1 aliphatic heterocycles. The first-order valence-electron chi connectivity index (χ1n) is 4.70.